The number of ether oxygens (including phenoxy) is 2. The smallest absolute Gasteiger partial charge is 0.253 e. The highest BCUT2D eigenvalue weighted by Gasteiger charge is 2.44. The van der Waals surface area contributed by atoms with Gasteiger partial charge in [-0.2, -0.15) is 0 Å². The van der Waals surface area contributed by atoms with Gasteiger partial charge in [-0.15, -0.1) is 0 Å². The Labute approximate surface area is 180 Å². The summed E-state index contributed by atoms with van der Waals surface area (Å²) in [6.07, 6.45) is 3.90. The van der Waals surface area contributed by atoms with Crippen molar-refractivity contribution in [2.24, 2.45) is 5.92 Å². The molecule has 1 heterocycles. The van der Waals surface area contributed by atoms with Crippen molar-refractivity contribution in [2.45, 2.75) is 51.4 Å². The Kier molecular flexibility index (Phi) is 5.60. The van der Waals surface area contributed by atoms with Crippen LogP contribution in [0, 0.1) is 5.92 Å². The molecule has 7 heteroatoms. The third kappa shape index (κ3) is 4.10. The molecule has 1 fully saturated rings. The van der Waals surface area contributed by atoms with Crippen molar-refractivity contribution in [1.82, 2.24) is 5.32 Å². The number of fused-ring (bicyclic) bond motifs is 1. The molecular weight excluding hydrogens is 404 g/mol. The van der Waals surface area contributed by atoms with Crippen LogP contribution in [0.2, 0.25) is 5.02 Å². The van der Waals surface area contributed by atoms with E-state index >= 15 is 0 Å². The van der Waals surface area contributed by atoms with Crippen molar-refractivity contribution in [1.29, 1.82) is 0 Å². The summed E-state index contributed by atoms with van der Waals surface area (Å²) in [5.74, 6) is -0.0254. The van der Waals surface area contributed by atoms with E-state index in [0.29, 0.717) is 27.8 Å². The second kappa shape index (κ2) is 8.19. The van der Waals surface area contributed by atoms with Crippen LogP contribution in [-0.2, 0) is 4.79 Å². The lowest BCUT2D eigenvalue weighted by Gasteiger charge is -2.22. The molecule has 30 heavy (non-hydrogen) atoms. The van der Waals surface area contributed by atoms with Gasteiger partial charge in [-0.3, -0.25) is 9.59 Å². The summed E-state index contributed by atoms with van der Waals surface area (Å²) in [6.45, 7) is 3.75. The molecule has 6 nitrogen and oxygen atoms in total. The van der Waals surface area contributed by atoms with Crippen LogP contribution >= 0.6 is 11.6 Å². The number of amides is 2. The maximum Gasteiger partial charge on any atom is 0.253 e. The first-order valence-electron chi connectivity index (χ1n) is 10.3. The molecule has 2 amide bonds. The van der Waals surface area contributed by atoms with Crippen LogP contribution in [0.15, 0.2) is 42.5 Å². The van der Waals surface area contributed by atoms with Crippen LogP contribution in [0.1, 0.15) is 49.9 Å². The summed E-state index contributed by atoms with van der Waals surface area (Å²) in [5.41, 5.74) is 0.928. The maximum atomic E-state index is 12.9. The number of halogens is 1. The number of hydrogen-bond donors (Lipinski definition) is 2. The van der Waals surface area contributed by atoms with Gasteiger partial charge in [0.05, 0.1) is 10.6 Å². The number of carbonyl (C=O) groups excluding carboxylic acids is 2. The first kappa shape index (κ1) is 20.5. The Hall–Kier alpha value is -2.73. The second-order valence-corrected chi connectivity index (χ2v) is 8.55. The normalized spacial score (nSPS) is 17.2. The van der Waals surface area contributed by atoms with Gasteiger partial charge in [-0.1, -0.05) is 37.6 Å². The Morgan fingerprint density at radius 2 is 1.73 bits per heavy atom. The molecule has 2 N–H and O–H groups in total. The number of anilines is 1. The molecule has 1 aliphatic heterocycles. The number of nitrogens with one attached hydrogen (secondary N) is 2. The number of carbonyl (C=O) groups is 2. The number of rotatable bonds is 5. The fraction of sp³-hybridized carbons (Fsp3) is 0.391. The molecule has 0 saturated heterocycles. The minimum atomic E-state index is -0.722. The van der Waals surface area contributed by atoms with E-state index < -0.39 is 11.8 Å². The minimum Gasteiger partial charge on any atom is -0.448 e. The number of benzene rings is 2. The predicted molar refractivity (Wildman–Crippen MR) is 115 cm³/mol. The zero-order valence-corrected chi connectivity index (χ0v) is 17.8. The van der Waals surface area contributed by atoms with E-state index in [9.17, 15) is 9.59 Å². The van der Waals surface area contributed by atoms with Crippen LogP contribution in [0.4, 0.5) is 5.69 Å². The monoisotopic (exact) mass is 428 g/mol. The van der Waals surface area contributed by atoms with E-state index in [2.05, 4.69) is 10.6 Å². The van der Waals surface area contributed by atoms with E-state index in [1.807, 2.05) is 19.9 Å². The molecule has 2 aromatic rings. The topological polar surface area (TPSA) is 76.7 Å². The first-order chi connectivity index (χ1) is 14.4. The van der Waals surface area contributed by atoms with Gasteiger partial charge in [0.25, 0.3) is 11.7 Å². The lowest BCUT2D eigenvalue weighted by molar-refractivity contribution is -0.118. The summed E-state index contributed by atoms with van der Waals surface area (Å²) < 4.78 is 12.1. The van der Waals surface area contributed by atoms with E-state index in [0.717, 1.165) is 25.7 Å². The van der Waals surface area contributed by atoms with Crippen molar-refractivity contribution < 1.29 is 19.1 Å². The highest BCUT2D eigenvalue weighted by molar-refractivity contribution is 6.33. The van der Waals surface area contributed by atoms with Gasteiger partial charge in [0.2, 0.25) is 5.91 Å². The molecule has 1 saturated carbocycles. The van der Waals surface area contributed by atoms with Gasteiger partial charge in [0, 0.05) is 24.6 Å². The molecule has 0 unspecified atom stereocenters. The van der Waals surface area contributed by atoms with Gasteiger partial charge in [-0.05, 0) is 43.0 Å². The van der Waals surface area contributed by atoms with Crippen molar-refractivity contribution in [2.75, 3.05) is 5.32 Å². The van der Waals surface area contributed by atoms with Gasteiger partial charge in [-0.25, -0.2) is 0 Å². The summed E-state index contributed by atoms with van der Waals surface area (Å²) >= 11 is 6.11. The fourth-order valence-electron chi connectivity index (χ4n) is 3.91. The highest BCUT2D eigenvalue weighted by atomic mass is 35.5. The van der Waals surface area contributed by atoms with E-state index in [1.165, 1.54) is 0 Å². The molecule has 1 atom stereocenters. The van der Waals surface area contributed by atoms with Crippen LogP contribution in [0.25, 0.3) is 0 Å². The van der Waals surface area contributed by atoms with Crippen LogP contribution < -0.4 is 20.1 Å². The Balaban J connectivity index is 1.45. The molecule has 1 aliphatic carbocycles. The molecule has 4 rings (SSSR count). The SMILES string of the molecule is CC(C)[C@H](NC(=O)c1ccccc1Cl)C(=O)Nc1ccc2c(c1)OC1(CCCC1)O2. The van der Waals surface area contributed by atoms with Gasteiger partial charge >= 0.3 is 0 Å². The Bertz CT molecular complexity index is 969. The molecule has 158 valence electrons. The lowest BCUT2D eigenvalue weighted by Crippen LogP contribution is -2.47. The molecule has 2 aliphatic rings. The predicted octanol–water partition coefficient (Wildman–Crippen LogP) is 4.77. The van der Waals surface area contributed by atoms with Crippen LogP contribution in [-0.4, -0.2) is 23.6 Å². The molecule has 0 radical (unpaired) electrons. The van der Waals surface area contributed by atoms with Crippen molar-refractivity contribution >= 4 is 29.1 Å². The molecule has 2 aromatic carbocycles. The molecular formula is C23H25ClN2O4. The van der Waals surface area contributed by atoms with Crippen molar-refractivity contribution in [3.8, 4) is 11.5 Å². The van der Waals surface area contributed by atoms with Crippen molar-refractivity contribution in [3.05, 3.63) is 53.1 Å². The minimum absolute atomic E-state index is 0.118. The lowest BCUT2D eigenvalue weighted by atomic mass is 10.0. The maximum absolute atomic E-state index is 12.9. The summed E-state index contributed by atoms with van der Waals surface area (Å²) in [7, 11) is 0. The largest absolute Gasteiger partial charge is 0.448 e. The zero-order valence-electron chi connectivity index (χ0n) is 17.0. The Morgan fingerprint density at radius 3 is 2.43 bits per heavy atom. The standard InChI is InChI=1S/C23H25ClN2O4/c1-14(2)20(26-21(27)16-7-3-4-8-17(16)24)22(28)25-15-9-10-18-19(13-15)30-23(29-18)11-5-6-12-23/h3-4,7-10,13-14,20H,5-6,11-12H2,1-2H3,(H,25,28)(H,26,27)/t20-/m0/s1. The summed E-state index contributed by atoms with van der Waals surface area (Å²) in [6, 6.07) is 11.4. The van der Waals surface area contributed by atoms with Gasteiger partial charge in [0.1, 0.15) is 6.04 Å². The number of hydrogen-bond acceptors (Lipinski definition) is 4. The van der Waals surface area contributed by atoms with Crippen molar-refractivity contribution in [3.63, 3.8) is 0 Å². The second-order valence-electron chi connectivity index (χ2n) is 8.15. The van der Waals surface area contributed by atoms with Crippen LogP contribution in [0.5, 0.6) is 11.5 Å². The fourth-order valence-corrected chi connectivity index (χ4v) is 4.13. The average Bonchev–Trinajstić information content (AvgIpc) is 3.31. The van der Waals surface area contributed by atoms with E-state index in [-0.39, 0.29) is 17.7 Å². The third-order valence-electron chi connectivity index (χ3n) is 5.52. The van der Waals surface area contributed by atoms with Gasteiger partial charge in [0.15, 0.2) is 11.5 Å². The first-order valence-corrected chi connectivity index (χ1v) is 10.6. The highest BCUT2D eigenvalue weighted by Crippen LogP contribution is 2.47. The van der Waals surface area contributed by atoms with E-state index in [1.54, 1.807) is 36.4 Å². The van der Waals surface area contributed by atoms with Gasteiger partial charge < -0.3 is 20.1 Å². The Morgan fingerprint density at radius 1 is 1.03 bits per heavy atom. The quantitative estimate of drug-likeness (QED) is 0.718. The molecule has 1 spiro atoms. The zero-order chi connectivity index (χ0) is 21.3. The molecule has 0 aromatic heterocycles. The third-order valence-corrected chi connectivity index (χ3v) is 5.85. The van der Waals surface area contributed by atoms with Crippen LogP contribution in [0.3, 0.4) is 0 Å². The summed E-state index contributed by atoms with van der Waals surface area (Å²) in [4.78, 5) is 25.5. The molecule has 0 bridgehead atoms. The average molecular weight is 429 g/mol. The summed E-state index contributed by atoms with van der Waals surface area (Å²) in [5, 5.41) is 6.02. The van der Waals surface area contributed by atoms with E-state index in [4.69, 9.17) is 21.1 Å².